The monoisotopic (exact) mass is 319 g/mol. The Morgan fingerprint density at radius 2 is 2.09 bits per heavy atom. The summed E-state index contributed by atoms with van der Waals surface area (Å²) in [6.45, 7) is 0.571. The van der Waals surface area contributed by atoms with Crippen molar-refractivity contribution in [3.05, 3.63) is 53.4 Å². The van der Waals surface area contributed by atoms with Crippen LogP contribution in [0, 0.1) is 11.6 Å². The molecule has 0 aliphatic heterocycles. The first kappa shape index (κ1) is 15.5. The van der Waals surface area contributed by atoms with E-state index in [2.05, 4.69) is 20.7 Å². The highest BCUT2D eigenvalue weighted by Gasteiger charge is 2.42. The van der Waals surface area contributed by atoms with Crippen molar-refractivity contribution in [2.45, 2.75) is 24.9 Å². The smallest absolute Gasteiger partial charge is 0.191 e. The number of aromatic nitrogens is 2. The lowest BCUT2D eigenvalue weighted by atomic mass is 10.1. The zero-order valence-corrected chi connectivity index (χ0v) is 13.1. The second-order valence-electron chi connectivity index (χ2n) is 5.60. The van der Waals surface area contributed by atoms with Gasteiger partial charge >= 0.3 is 0 Å². The summed E-state index contributed by atoms with van der Waals surface area (Å²) < 4.78 is 29.4. The van der Waals surface area contributed by atoms with Crippen LogP contribution in [0.1, 0.15) is 23.6 Å². The topological polar surface area (TPSA) is 54.2 Å². The van der Waals surface area contributed by atoms with Crippen LogP contribution in [0.15, 0.2) is 35.5 Å². The molecule has 1 heterocycles. The van der Waals surface area contributed by atoms with Gasteiger partial charge in [-0.25, -0.2) is 8.78 Å². The molecule has 5 nitrogen and oxygen atoms in total. The summed E-state index contributed by atoms with van der Waals surface area (Å²) in [4.78, 5) is 4.15. The fourth-order valence-corrected chi connectivity index (χ4v) is 2.66. The molecule has 2 atom stereocenters. The molecule has 1 aliphatic rings. The Bertz CT molecular complexity index is 705. The first-order chi connectivity index (χ1) is 11.1. The van der Waals surface area contributed by atoms with Crippen molar-refractivity contribution in [1.82, 2.24) is 20.4 Å². The van der Waals surface area contributed by atoms with E-state index in [9.17, 15) is 8.78 Å². The Morgan fingerprint density at radius 3 is 2.70 bits per heavy atom. The van der Waals surface area contributed by atoms with Gasteiger partial charge in [0.1, 0.15) is 11.6 Å². The molecule has 1 fully saturated rings. The molecule has 122 valence electrons. The normalized spacial score (nSPS) is 20.4. The third-order valence-corrected chi connectivity index (χ3v) is 4.07. The average molecular weight is 319 g/mol. The van der Waals surface area contributed by atoms with Gasteiger partial charge in [0.15, 0.2) is 5.96 Å². The highest BCUT2D eigenvalue weighted by Crippen LogP contribution is 2.42. The molecule has 2 aromatic rings. The number of rotatable bonds is 4. The molecule has 1 aliphatic carbocycles. The third kappa shape index (κ3) is 3.33. The Labute approximate surface area is 133 Å². The van der Waals surface area contributed by atoms with Crippen LogP contribution in [0.25, 0.3) is 0 Å². The van der Waals surface area contributed by atoms with E-state index in [1.54, 1.807) is 17.9 Å². The Morgan fingerprint density at radius 1 is 1.35 bits per heavy atom. The molecule has 0 amide bonds. The number of hydrogen-bond acceptors (Lipinski definition) is 2. The molecule has 0 saturated heterocycles. The first-order valence-corrected chi connectivity index (χ1v) is 7.48. The molecule has 2 N–H and O–H groups in total. The van der Waals surface area contributed by atoms with Gasteiger partial charge < -0.3 is 10.6 Å². The van der Waals surface area contributed by atoms with Gasteiger partial charge in [0.25, 0.3) is 0 Å². The maximum absolute atomic E-state index is 13.8. The molecule has 0 radical (unpaired) electrons. The number of nitrogens with one attached hydrogen (secondary N) is 2. The van der Waals surface area contributed by atoms with Crippen LogP contribution >= 0.6 is 0 Å². The Kier molecular flexibility index (Phi) is 4.27. The van der Waals surface area contributed by atoms with Crippen LogP contribution in [0.3, 0.4) is 0 Å². The van der Waals surface area contributed by atoms with Gasteiger partial charge in [-0.2, -0.15) is 5.10 Å². The van der Waals surface area contributed by atoms with E-state index in [1.807, 2.05) is 13.1 Å². The summed E-state index contributed by atoms with van der Waals surface area (Å²) in [6.07, 6.45) is 2.41. The molecule has 3 rings (SSSR count). The van der Waals surface area contributed by atoms with Crippen molar-refractivity contribution in [3.63, 3.8) is 0 Å². The molecule has 23 heavy (non-hydrogen) atoms. The number of aliphatic imine (C=N–C) groups is 1. The summed E-state index contributed by atoms with van der Waals surface area (Å²) in [5.74, 6) is -0.531. The highest BCUT2D eigenvalue weighted by atomic mass is 19.1. The lowest BCUT2D eigenvalue weighted by Gasteiger charge is -2.12. The summed E-state index contributed by atoms with van der Waals surface area (Å²) in [6, 6.07) is 5.87. The first-order valence-electron chi connectivity index (χ1n) is 7.48. The fraction of sp³-hybridized carbons (Fsp3) is 0.375. The molecule has 1 saturated carbocycles. The molecular formula is C16H19F2N5. The van der Waals surface area contributed by atoms with Gasteiger partial charge in [0.05, 0.1) is 12.2 Å². The van der Waals surface area contributed by atoms with Crippen molar-refractivity contribution in [2.24, 2.45) is 12.0 Å². The minimum absolute atomic E-state index is 0.0147. The van der Waals surface area contributed by atoms with Crippen LogP contribution < -0.4 is 10.6 Å². The van der Waals surface area contributed by atoms with Crippen LogP contribution in [-0.4, -0.2) is 28.8 Å². The van der Waals surface area contributed by atoms with Crippen LogP contribution in [0.4, 0.5) is 8.78 Å². The second kappa shape index (κ2) is 6.36. The minimum Gasteiger partial charge on any atom is -0.353 e. The fourth-order valence-electron chi connectivity index (χ4n) is 2.66. The van der Waals surface area contributed by atoms with Crippen molar-refractivity contribution >= 4 is 5.96 Å². The maximum Gasteiger partial charge on any atom is 0.191 e. The Balaban J connectivity index is 1.58. The largest absolute Gasteiger partial charge is 0.353 e. The van der Waals surface area contributed by atoms with Crippen molar-refractivity contribution in [3.8, 4) is 0 Å². The van der Waals surface area contributed by atoms with Gasteiger partial charge in [0.2, 0.25) is 0 Å². The lowest BCUT2D eigenvalue weighted by Crippen LogP contribution is -2.39. The summed E-state index contributed by atoms with van der Waals surface area (Å²) in [5.41, 5.74) is 1.17. The van der Waals surface area contributed by atoms with E-state index in [4.69, 9.17) is 0 Å². The highest BCUT2D eigenvalue weighted by molar-refractivity contribution is 5.80. The standard InChI is InChI=1S/C16H19F2N5/c1-19-16(20-9-10-6-7-21-23(10)2)22-14-8-11(14)15-12(17)4-3-5-13(15)18/h3-7,11,14H,8-9H2,1-2H3,(H2,19,20,22). The minimum atomic E-state index is -0.489. The summed E-state index contributed by atoms with van der Waals surface area (Å²) >= 11 is 0. The number of benzene rings is 1. The van der Waals surface area contributed by atoms with Gasteiger partial charge in [-0.3, -0.25) is 9.67 Å². The van der Waals surface area contributed by atoms with E-state index in [0.29, 0.717) is 18.9 Å². The lowest BCUT2D eigenvalue weighted by molar-refractivity contribution is 0.553. The zero-order chi connectivity index (χ0) is 16.4. The quantitative estimate of drug-likeness (QED) is 0.669. The SMILES string of the molecule is CN=C(NCc1ccnn1C)NC1CC1c1c(F)cccc1F. The molecule has 0 spiro atoms. The van der Waals surface area contributed by atoms with Crippen molar-refractivity contribution in [2.75, 3.05) is 7.05 Å². The molecular weight excluding hydrogens is 300 g/mol. The second-order valence-corrected chi connectivity index (χ2v) is 5.60. The molecule has 1 aromatic heterocycles. The van der Waals surface area contributed by atoms with E-state index in [1.165, 1.54) is 18.2 Å². The van der Waals surface area contributed by atoms with E-state index in [0.717, 1.165) is 5.69 Å². The van der Waals surface area contributed by atoms with Crippen LogP contribution in [-0.2, 0) is 13.6 Å². The van der Waals surface area contributed by atoms with E-state index >= 15 is 0 Å². The molecule has 2 unspecified atom stereocenters. The number of guanidine groups is 1. The number of hydrogen-bond donors (Lipinski definition) is 2. The number of halogens is 2. The van der Waals surface area contributed by atoms with E-state index < -0.39 is 11.6 Å². The van der Waals surface area contributed by atoms with Gasteiger partial charge in [0, 0.05) is 37.8 Å². The predicted octanol–water partition coefficient (Wildman–Crippen LogP) is 1.92. The maximum atomic E-state index is 13.8. The van der Waals surface area contributed by atoms with Gasteiger partial charge in [-0.05, 0) is 24.6 Å². The Hall–Kier alpha value is -2.44. The average Bonchev–Trinajstić information content (AvgIpc) is 3.15. The third-order valence-electron chi connectivity index (χ3n) is 4.07. The van der Waals surface area contributed by atoms with Crippen LogP contribution in [0.5, 0.6) is 0 Å². The van der Waals surface area contributed by atoms with Gasteiger partial charge in [-0.15, -0.1) is 0 Å². The number of aryl methyl sites for hydroxylation is 1. The summed E-state index contributed by atoms with van der Waals surface area (Å²) in [5, 5.41) is 10.5. The zero-order valence-electron chi connectivity index (χ0n) is 13.1. The number of nitrogens with zero attached hydrogens (tertiary/aromatic N) is 3. The van der Waals surface area contributed by atoms with Crippen LogP contribution in [0.2, 0.25) is 0 Å². The van der Waals surface area contributed by atoms with Gasteiger partial charge in [-0.1, -0.05) is 6.07 Å². The van der Waals surface area contributed by atoms with Crippen molar-refractivity contribution in [1.29, 1.82) is 0 Å². The molecule has 7 heteroatoms. The predicted molar refractivity (Wildman–Crippen MR) is 84.0 cm³/mol. The van der Waals surface area contributed by atoms with Crippen molar-refractivity contribution < 1.29 is 8.78 Å². The molecule has 0 bridgehead atoms. The molecule has 1 aromatic carbocycles. The van der Waals surface area contributed by atoms with E-state index in [-0.39, 0.29) is 17.5 Å². The summed E-state index contributed by atoms with van der Waals surface area (Å²) in [7, 11) is 3.53.